The predicted molar refractivity (Wildman–Crippen MR) is 126 cm³/mol. The molecule has 1 N–H and O–H groups in total. The lowest BCUT2D eigenvalue weighted by molar-refractivity contribution is -0.131. The average Bonchev–Trinajstić information content (AvgIpc) is 2.65. The molecule has 3 nitrogen and oxygen atoms in total. The number of carboxylic acid groups (broad SMARTS) is 1. The predicted octanol–water partition coefficient (Wildman–Crippen LogP) is 6.44. The van der Waals surface area contributed by atoms with Gasteiger partial charge in [0.15, 0.2) is 0 Å². The van der Waals surface area contributed by atoms with Crippen molar-refractivity contribution in [3.8, 4) is 11.1 Å². The van der Waals surface area contributed by atoms with E-state index in [9.17, 15) is 4.79 Å². The summed E-state index contributed by atoms with van der Waals surface area (Å²) >= 11 is 6.07. The van der Waals surface area contributed by atoms with E-state index in [4.69, 9.17) is 16.7 Å². The Morgan fingerprint density at radius 2 is 1.72 bits per heavy atom. The summed E-state index contributed by atoms with van der Waals surface area (Å²) in [5.41, 5.74) is 4.36. The highest BCUT2D eigenvalue weighted by molar-refractivity contribution is 6.30. The number of hydrogen-bond acceptors (Lipinski definition) is 2. The molecule has 5 heteroatoms. The third-order valence-corrected chi connectivity index (χ3v) is 5.23. The first-order chi connectivity index (χ1) is 13.3. The summed E-state index contributed by atoms with van der Waals surface area (Å²) in [7, 11) is 0. The third-order valence-electron chi connectivity index (χ3n) is 4.97. The van der Waals surface area contributed by atoms with Crippen molar-refractivity contribution in [3.63, 3.8) is 0 Å². The Hall–Kier alpha value is -1.81. The van der Waals surface area contributed by atoms with Gasteiger partial charge in [-0.05, 0) is 65.4 Å². The second-order valence-corrected chi connectivity index (χ2v) is 8.29. The van der Waals surface area contributed by atoms with Gasteiger partial charge in [0.1, 0.15) is 0 Å². The Balaban J connectivity index is 0.00000420. The zero-order valence-electron chi connectivity index (χ0n) is 17.6. The van der Waals surface area contributed by atoms with Gasteiger partial charge >= 0.3 is 5.97 Å². The van der Waals surface area contributed by atoms with Crippen LogP contribution in [-0.2, 0) is 11.2 Å². The maximum atomic E-state index is 11.1. The molecule has 0 radical (unpaired) electrons. The number of carboxylic acids is 1. The minimum absolute atomic E-state index is 0. The number of benzene rings is 2. The van der Waals surface area contributed by atoms with E-state index < -0.39 is 5.97 Å². The highest BCUT2D eigenvalue weighted by atomic mass is 35.5. The molecule has 0 aliphatic rings. The molecule has 0 amide bonds. The van der Waals surface area contributed by atoms with Gasteiger partial charge in [0.2, 0.25) is 0 Å². The molecule has 2 aromatic carbocycles. The van der Waals surface area contributed by atoms with Crippen LogP contribution in [0.2, 0.25) is 5.02 Å². The zero-order valence-corrected chi connectivity index (χ0v) is 19.2. The van der Waals surface area contributed by atoms with Crippen molar-refractivity contribution < 1.29 is 9.90 Å². The van der Waals surface area contributed by atoms with Crippen molar-refractivity contribution in [2.45, 2.75) is 34.1 Å². The molecule has 0 aromatic heterocycles. The van der Waals surface area contributed by atoms with Crippen LogP contribution in [0, 0.1) is 5.41 Å². The summed E-state index contributed by atoms with van der Waals surface area (Å²) in [5, 5.41) is 9.79. The van der Waals surface area contributed by atoms with E-state index in [1.54, 1.807) is 6.08 Å². The second kappa shape index (κ2) is 11.4. The van der Waals surface area contributed by atoms with Crippen LogP contribution >= 0.6 is 24.0 Å². The smallest absolute Gasteiger partial charge is 0.328 e. The summed E-state index contributed by atoms with van der Waals surface area (Å²) in [5.74, 6) is -0.940. The summed E-state index contributed by atoms with van der Waals surface area (Å²) in [4.78, 5) is 13.5. The Bertz CT molecular complexity index is 825. The maximum absolute atomic E-state index is 11.1. The summed E-state index contributed by atoms with van der Waals surface area (Å²) < 4.78 is 0. The Labute approximate surface area is 185 Å². The van der Waals surface area contributed by atoms with Gasteiger partial charge in [-0.15, -0.1) is 12.4 Å². The van der Waals surface area contributed by atoms with Gasteiger partial charge in [0, 0.05) is 17.6 Å². The largest absolute Gasteiger partial charge is 0.478 e. The molecule has 158 valence electrons. The summed E-state index contributed by atoms with van der Waals surface area (Å²) in [6.07, 6.45) is 3.76. The molecule has 0 aliphatic heterocycles. The molecular weight excluding hydrogens is 405 g/mol. The fraction of sp³-hybridized carbons (Fsp3) is 0.375. The number of rotatable bonds is 9. The minimum atomic E-state index is -0.940. The molecule has 0 unspecified atom stereocenters. The lowest BCUT2D eigenvalue weighted by Crippen LogP contribution is -2.35. The Morgan fingerprint density at radius 1 is 1.10 bits per heavy atom. The number of hydrogen-bond donors (Lipinski definition) is 1. The number of aliphatic carboxylic acids is 1. The van der Waals surface area contributed by atoms with E-state index in [2.05, 4.69) is 38.7 Å². The van der Waals surface area contributed by atoms with E-state index >= 15 is 0 Å². The van der Waals surface area contributed by atoms with Gasteiger partial charge in [-0.2, -0.15) is 0 Å². The van der Waals surface area contributed by atoms with Crippen molar-refractivity contribution in [2.75, 3.05) is 19.6 Å². The molecular formula is C24H31Cl2NO2. The van der Waals surface area contributed by atoms with Gasteiger partial charge in [-0.3, -0.25) is 0 Å². The van der Waals surface area contributed by atoms with Crippen LogP contribution in [0.5, 0.6) is 0 Å². The van der Waals surface area contributed by atoms with Gasteiger partial charge in [0.25, 0.3) is 0 Å². The second-order valence-electron chi connectivity index (χ2n) is 7.85. The van der Waals surface area contributed by atoms with Crippen molar-refractivity contribution in [2.24, 2.45) is 5.41 Å². The Morgan fingerprint density at radius 3 is 2.28 bits per heavy atom. The topological polar surface area (TPSA) is 40.5 Å². The highest BCUT2D eigenvalue weighted by Gasteiger charge is 2.24. The molecule has 0 bridgehead atoms. The van der Waals surface area contributed by atoms with E-state index in [1.165, 1.54) is 11.6 Å². The standard InChI is InChI=1S/C24H30ClNO2.ClH/c1-5-26(6-2)17-24(3,4)16-22-18(12-15-23(27)28)8-7-9-21(22)19-10-13-20(25)14-11-19;/h7-15H,5-6,16-17H2,1-4H3,(H,27,28);1H/b15-12+;. The fourth-order valence-corrected chi connectivity index (χ4v) is 3.73. The highest BCUT2D eigenvalue weighted by Crippen LogP contribution is 2.34. The van der Waals surface area contributed by atoms with Crippen LogP contribution in [0.3, 0.4) is 0 Å². The molecule has 0 aliphatic carbocycles. The van der Waals surface area contributed by atoms with Crippen LogP contribution in [-0.4, -0.2) is 35.6 Å². The normalized spacial score (nSPS) is 11.7. The SMILES string of the molecule is CCN(CC)CC(C)(C)Cc1c(/C=C/C(=O)O)cccc1-c1ccc(Cl)cc1.Cl. The molecule has 0 fully saturated rings. The lowest BCUT2D eigenvalue weighted by Gasteiger charge is -2.32. The van der Waals surface area contributed by atoms with Crippen LogP contribution < -0.4 is 0 Å². The first kappa shape index (κ1) is 25.2. The minimum Gasteiger partial charge on any atom is -0.478 e. The monoisotopic (exact) mass is 435 g/mol. The van der Waals surface area contributed by atoms with Gasteiger partial charge in [-0.1, -0.05) is 69.6 Å². The van der Waals surface area contributed by atoms with Crippen molar-refractivity contribution in [1.82, 2.24) is 4.90 Å². The average molecular weight is 436 g/mol. The van der Waals surface area contributed by atoms with E-state index in [-0.39, 0.29) is 17.8 Å². The molecule has 0 saturated heterocycles. The molecule has 29 heavy (non-hydrogen) atoms. The number of halogens is 2. The molecule has 0 saturated carbocycles. The molecule has 0 spiro atoms. The zero-order chi connectivity index (χ0) is 20.7. The molecule has 2 rings (SSSR count). The Kier molecular flexibility index (Phi) is 9.91. The van der Waals surface area contributed by atoms with Crippen molar-refractivity contribution >= 4 is 36.1 Å². The van der Waals surface area contributed by atoms with Crippen molar-refractivity contribution in [3.05, 3.63) is 64.7 Å². The lowest BCUT2D eigenvalue weighted by atomic mass is 9.80. The molecule has 0 atom stereocenters. The van der Waals surface area contributed by atoms with Gasteiger partial charge in [0.05, 0.1) is 0 Å². The maximum Gasteiger partial charge on any atom is 0.328 e. The first-order valence-electron chi connectivity index (χ1n) is 9.77. The summed E-state index contributed by atoms with van der Waals surface area (Å²) in [6.45, 7) is 11.9. The fourth-order valence-electron chi connectivity index (χ4n) is 3.61. The van der Waals surface area contributed by atoms with E-state index in [0.29, 0.717) is 5.02 Å². The first-order valence-corrected chi connectivity index (χ1v) is 10.1. The number of carbonyl (C=O) groups is 1. The van der Waals surface area contributed by atoms with Crippen LogP contribution in [0.25, 0.3) is 17.2 Å². The molecule has 2 aromatic rings. The van der Waals surface area contributed by atoms with Crippen LogP contribution in [0.15, 0.2) is 48.5 Å². The summed E-state index contributed by atoms with van der Waals surface area (Å²) in [6, 6.07) is 13.9. The van der Waals surface area contributed by atoms with Gasteiger partial charge < -0.3 is 10.0 Å². The number of nitrogens with zero attached hydrogens (tertiary/aromatic N) is 1. The van der Waals surface area contributed by atoms with E-state index in [0.717, 1.165) is 42.7 Å². The quantitative estimate of drug-likeness (QED) is 0.460. The van der Waals surface area contributed by atoms with Crippen LogP contribution in [0.1, 0.15) is 38.8 Å². The van der Waals surface area contributed by atoms with Crippen molar-refractivity contribution in [1.29, 1.82) is 0 Å². The van der Waals surface area contributed by atoms with Gasteiger partial charge in [-0.25, -0.2) is 4.79 Å². The van der Waals surface area contributed by atoms with E-state index in [1.807, 2.05) is 36.4 Å². The molecule has 0 heterocycles. The van der Waals surface area contributed by atoms with Crippen LogP contribution in [0.4, 0.5) is 0 Å². The third kappa shape index (κ3) is 7.50.